The lowest BCUT2D eigenvalue weighted by atomic mass is 10.1. The Balaban J connectivity index is 2.27. The molecule has 0 N–H and O–H groups in total. The fourth-order valence-electron chi connectivity index (χ4n) is 2.39. The molecule has 1 heterocycles. The van der Waals surface area contributed by atoms with E-state index in [2.05, 4.69) is 4.74 Å². The molecule has 0 atom stereocenters. The van der Waals surface area contributed by atoms with Crippen LogP contribution >= 0.6 is 23.4 Å². The molecule has 1 saturated heterocycles. The predicted molar refractivity (Wildman–Crippen MR) is 109 cm³/mol. The largest absolute Gasteiger partial charge is 0.490 e. The Morgan fingerprint density at radius 1 is 1.13 bits per heavy atom. The monoisotopic (exact) mass is 457 g/mol. The van der Waals surface area contributed by atoms with Crippen molar-refractivity contribution in [1.29, 1.82) is 0 Å². The molecule has 11 heteroatoms. The van der Waals surface area contributed by atoms with Crippen molar-refractivity contribution in [2.24, 2.45) is 0 Å². The average Bonchev–Trinajstić information content (AvgIpc) is 2.95. The first-order valence-corrected chi connectivity index (χ1v) is 10.1. The Labute approximate surface area is 182 Å². The third-order valence-electron chi connectivity index (χ3n) is 3.66. The minimum atomic E-state index is -0.671. The first kappa shape index (κ1) is 23.6. The smallest absolute Gasteiger partial charge is 0.343 e. The van der Waals surface area contributed by atoms with E-state index >= 15 is 0 Å². The van der Waals surface area contributed by atoms with Gasteiger partial charge in [0, 0.05) is 0 Å². The van der Waals surface area contributed by atoms with Gasteiger partial charge in [0.2, 0.25) is 0 Å². The molecule has 9 nitrogen and oxygen atoms in total. The van der Waals surface area contributed by atoms with Crippen LogP contribution in [0.4, 0.5) is 4.79 Å². The van der Waals surface area contributed by atoms with E-state index in [0.29, 0.717) is 23.9 Å². The number of benzene rings is 1. The second-order valence-corrected chi connectivity index (χ2v) is 7.10. The van der Waals surface area contributed by atoms with E-state index in [9.17, 15) is 19.2 Å². The molecule has 0 aromatic heterocycles. The van der Waals surface area contributed by atoms with Crippen LogP contribution in [0.1, 0.15) is 19.4 Å². The zero-order valence-corrected chi connectivity index (χ0v) is 18.1. The van der Waals surface area contributed by atoms with Crippen LogP contribution < -0.4 is 9.47 Å². The summed E-state index contributed by atoms with van der Waals surface area (Å²) in [6.45, 7) is 3.01. The number of esters is 2. The molecule has 162 valence electrons. The van der Waals surface area contributed by atoms with Crippen molar-refractivity contribution in [2.45, 2.75) is 13.8 Å². The summed E-state index contributed by atoms with van der Waals surface area (Å²) in [7, 11) is 1.23. The van der Waals surface area contributed by atoms with Crippen molar-refractivity contribution in [2.75, 3.05) is 33.5 Å². The number of imide groups is 1. The van der Waals surface area contributed by atoms with E-state index in [1.807, 2.05) is 0 Å². The van der Waals surface area contributed by atoms with Crippen molar-refractivity contribution in [3.63, 3.8) is 0 Å². The summed E-state index contributed by atoms with van der Waals surface area (Å²) in [5, 5.41) is -0.435. The van der Waals surface area contributed by atoms with Crippen LogP contribution in [0.2, 0.25) is 5.02 Å². The summed E-state index contributed by atoms with van der Waals surface area (Å²) >= 11 is 6.96. The lowest BCUT2D eigenvalue weighted by molar-refractivity contribution is -0.146. The van der Waals surface area contributed by atoms with Crippen LogP contribution in [-0.4, -0.2) is 61.5 Å². The van der Waals surface area contributed by atoms with E-state index in [1.54, 1.807) is 19.9 Å². The molecule has 0 spiro atoms. The lowest BCUT2D eigenvalue weighted by Crippen LogP contribution is -2.34. The highest BCUT2D eigenvalue weighted by Gasteiger charge is 2.36. The Bertz CT molecular complexity index is 886. The molecule has 0 unspecified atom stereocenters. The van der Waals surface area contributed by atoms with Crippen molar-refractivity contribution < 1.29 is 38.1 Å². The van der Waals surface area contributed by atoms with Gasteiger partial charge in [0.1, 0.15) is 6.54 Å². The molecule has 2 rings (SSSR count). The van der Waals surface area contributed by atoms with Crippen LogP contribution in [0.5, 0.6) is 11.5 Å². The number of carbonyl (C=O) groups excluding carboxylic acids is 4. The highest BCUT2D eigenvalue weighted by Crippen LogP contribution is 2.39. The SMILES string of the molecule is CCOC(=O)CN1C(=O)S/C(=C/c2cc(Cl)c(OCC(=O)OC)c(OCC)c2)C1=O. The molecular formula is C19H20ClNO8S. The fraction of sp³-hybridized carbons (Fsp3) is 0.368. The maximum absolute atomic E-state index is 12.5. The van der Waals surface area contributed by atoms with E-state index in [0.717, 1.165) is 4.90 Å². The molecule has 2 amide bonds. The zero-order chi connectivity index (χ0) is 22.3. The first-order valence-electron chi connectivity index (χ1n) is 8.87. The summed E-state index contributed by atoms with van der Waals surface area (Å²) < 4.78 is 20.2. The minimum Gasteiger partial charge on any atom is -0.490 e. The molecule has 0 saturated carbocycles. The standard InChI is InChI=1S/C19H20ClNO8S/c1-4-27-13-7-11(6-12(20)17(13)29-10-16(23)26-3)8-14-18(24)21(19(25)30-14)9-15(22)28-5-2/h6-8H,4-5,9-10H2,1-3H3/b14-8+. The average molecular weight is 458 g/mol. The number of nitrogens with zero attached hydrogens (tertiary/aromatic N) is 1. The summed E-state index contributed by atoms with van der Waals surface area (Å²) in [6.07, 6.45) is 1.45. The number of carbonyl (C=O) groups is 4. The number of ether oxygens (including phenoxy) is 4. The molecule has 30 heavy (non-hydrogen) atoms. The number of halogens is 1. The van der Waals surface area contributed by atoms with Gasteiger partial charge in [-0.2, -0.15) is 0 Å². The van der Waals surface area contributed by atoms with E-state index in [4.69, 9.17) is 25.8 Å². The van der Waals surface area contributed by atoms with Gasteiger partial charge in [0.05, 0.1) is 30.3 Å². The number of rotatable bonds is 9. The second-order valence-electron chi connectivity index (χ2n) is 5.70. The molecule has 1 aromatic carbocycles. The molecule has 0 radical (unpaired) electrons. The van der Waals surface area contributed by atoms with Gasteiger partial charge in [-0.15, -0.1) is 0 Å². The lowest BCUT2D eigenvalue weighted by Gasteiger charge is -2.14. The maximum Gasteiger partial charge on any atom is 0.343 e. The third kappa shape index (κ3) is 5.90. The zero-order valence-electron chi connectivity index (χ0n) is 16.6. The molecule has 1 aromatic rings. The number of hydrogen-bond acceptors (Lipinski definition) is 9. The number of amides is 2. The number of methoxy groups -OCH3 is 1. The second kappa shape index (κ2) is 10.9. The van der Waals surface area contributed by atoms with Gasteiger partial charge in [-0.25, -0.2) is 4.79 Å². The van der Waals surface area contributed by atoms with Gasteiger partial charge in [-0.3, -0.25) is 19.3 Å². The van der Waals surface area contributed by atoms with Gasteiger partial charge >= 0.3 is 11.9 Å². The molecule has 1 aliphatic heterocycles. The van der Waals surface area contributed by atoms with Gasteiger partial charge in [0.15, 0.2) is 18.1 Å². The quantitative estimate of drug-likeness (QED) is 0.408. The molecule has 0 bridgehead atoms. The van der Waals surface area contributed by atoms with E-state index < -0.39 is 29.6 Å². The summed E-state index contributed by atoms with van der Waals surface area (Å²) in [5.74, 6) is -1.47. The van der Waals surface area contributed by atoms with Gasteiger partial charge in [0.25, 0.3) is 11.1 Å². The van der Waals surface area contributed by atoms with Crippen LogP contribution in [-0.2, 0) is 23.9 Å². The molecule has 0 aliphatic carbocycles. The van der Waals surface area contributed by atoms with Crippen LogP contribution in [0.25, 0.3) is 6.08 Å². The highest BCUT2D eigenvalue weighted by atomic mass is 35.5. The van der Waals surface area contributed by atoms with Crippen LogP contribution in [0.15, 0.2) is 17.0 Å². The first-order chi connectivity index (χ1) is 14.3. The Hall–Kier alpha value is -2.72. The summed E-state index contributed by atoms with van der Waals surface area (Å²) in [4.78, 5) is 48.5. The van der Waals surface area contributed by atoms with E-state index in [1.165, 1.54) is 19.3 Å². The van der Waals surface area contributed by atoms with Crippen molar-refractivity contribution >= 4 is 52.5 Å². The minimum absolute atomic E-state index is 0.117. The Morgan fingerprint density at radius 2 is 1.87 bits per heavy atom. The van der Waals surface area contributed by atoms with Crippen molar-refractivity contribution in [1.82, 2.24) is 4.90 Å². The Morgan fingerprint density at radius 3 is 2.50 bits per heavy atom. The van der Waals surface area contributed by atoms with Crippen molar-refractivity contribution in [3.8, 4) is 11.5 Å². The fourth-order valence-corrected chi connectivity index (χ4v) is 3.50. The molecule has 1 fully saturated rings. The van der Waals surface area contributed by atoms with Crippen LogP contribution in [0.3, 0.4) is 0 Å². The summed E-state index contributed by atoms with van der Waals surface area (Å²) in [5.41, 5.74) is 0.468. The Kier molecular flexibility index (Phi) is 8.55. The van der Waals surface area contributed by atoms with Crippen molar-refractivity contribution in [3.05, 3.63) is 27.6 Å². The van der Waals surface area contributed by atoms with Gasteiger partial charge < -0.3 is 18.9 Å². The third-order valence-corrected chi connectivity index (χ3v) is 4.85. The number of hydrogen-bond donors (Lipinski definition) is 0. The van der Waals surface area contributed by atoms with Gasteiger partial charge in [-0.1, -0.05) is 11.6 Å². The molecule has 1 aliphatic rings. The van der Waals surface area contributed by atoms with Gasteiger partial charge in [-0.05, 0) is 49.4 Å². The highest BCUT2D eigenvalue weighted by molar-refractivity contribution is 8.18. The topological polar surface area (TPSA) is 108 Å². The summed E-state index contributed by atoms with van der Waals surface area (Å²) in [6, 6.07) is 3.05. The number of thioether (sulfide) groups is 1. The normalized spacial score (nSPS) is 14.8. The molecular weight excluding hydrogens is 438 g/mol. The predicted octanol–water partition coefficient (Wildman–Crippen LogP) is 2.89. The van der Waals surface area contributed by atoms with Crippen LogP contribution in [0, 0.1) is 0 Å². The van der Waals surface area contributed by atoms with E-state index in [-0.39, 0.29) is 34.6 Å². The maximum atomic E-state index is 12.5.